The second kappa shape index (κ2) is 7.00. The molecular weight excluding hydrogens is 317 g/mol. The van der Waals surface area contributed by atoms with Gasteiger partial charge in [0.15, 0.2) is 0 Å². The van der Waals surface area contributed by atoms with E-state index >= 15 is 0 Å². The van der Waals surface area contributed by atoms with Crippen LogP contribution < -0.4 is 5.32 Å². The van der Waals surface area contributed by atoms with Crippen LogP contribution in [-0.2, 0) is 6.42 Å². The van der Waals surface area contributed by atoms with Gasteiger partial charge in [-0.1, -0.05) is 54.0 Å². The summed E-state index contributed by atoms with van der Waals surface area (Å²) in [5, 5.41) is 3.37. The van der Waals surface area contributed by atoms with E-state index < -0.39 is 0 Å². The molecule has 0 aromatic heterocycles. The van der Waals surface area contributed by atoms with Crippen molar-refractivity contribution < 1.29 is 4.39 Å². The minimum atomic E-state index is -0.180. The zero-order chi connectivity index (χ0) is 14.5. The molecule has 0 amide bonds. The first kappa shape index (κ1) is 15.2. The van der Waals surface area contributed by atoms with Crippen molar-refractivity contribution in [3.05, 3.63) is 69.4 Å². The summed E-state index contributed by atoms with van der Waals surface area (Å²) in [6, 6.07) is 13.3. The SMILES string of the molecule is CCNC(c1cccc(CC)c1)c1cc(Br)ccc1F. The maximum atomic E-state index is 14.2. The van der Waals surface area contributed by atoms with E-state index in [4.69, 9.17) is 0 Å². The van der Waals surface area contributed by atoms with Crippen molar-refractivity contribution in [3.63, 3.8) is 0 Å². The number of rotatable bonds is 5. The number of benzene rings is 2. The lowest BCUT2D eigenvalue weighted by molar-refractivity contribution is 0.558. The van der Waals surface area contributed by atoms with Gasteiger partial charge < -0.3 is 5.32 Å². The van der Waals surface area contributed by atoms with Crippen molar-refractivity contribution in [1.29, 1.82) is 0 Å². The van der Waals surface area contributed by atoms with E-state index in [1.165, 1.54) is 11.6 Å². The molecule has 1 N–H and O–H groups in total. The third-order valence-electron chi connectivity index (χ3n) is 3.37. The molecule has 0 saturated heterocycles. The molecule has 20 heavy (non-hydrogen) atoms. The molecule has 1 nitrogen and oxygen atoms in total. The molecule has 0 aliphatic heterocycles. The van der Waals surface area contributed by atoms with Crippen LogP contribution in [0.3, 0.4) is 0 Å². The van der Waals surface area contributed by atoms with Gasteiger partial charge in [-0.05, 0) is 42.3 Å². The summed E-state index contributed by atoms with van der Waals surface area (Å²) in [6.45, 7) is 4.95. The van der Waals surface area contributed by atoms with Crippen molar-refractivity contribution in [2.24, 2.45) is 0 Å². The van der Waals surface area contributed by atoms with Crippen molar-refractivity contribution in [3.8, 4) is 0 Å². The number of aryl methyl sites for hydroxylation is 1. The van der Waals surface area contributed by atoms with Crippen molar-refractivity contribution in [2.45, 2.75) is 26.3 Å². The predicted molar refractivity (Wildman–Crippen MR) is 85.4 cm³/mol. The van der Waals surface area contributed by atoms with E-state index in [1.807, 2.05) is 25.1 Å². The van der Waals surface area contributed by atoms with Crippen molar-refractivity contribution >= 4 is 15.9 Å². The minimum Gasteiger partial charge on any atom is -0.306 e. The Morgan fingerprint density at radius 3 is 2.65 bits per heavy atom. The highest BCUT2D eigenvalue weighted by molar-refractivity contribution is 9.10. The van der Waals surface area contributed by atoms with Gasteiger partial charge in [0.1, 0.15) is 5.82 Å². The second-order valence-corrected chi connectivity index (χ2v) is 5.67. The molecule has 0 heterocycles. The van der Waals surface area contributed by atoms with Gasteiger partial charge in [0.2, 0.25) is 0 Å². The lowest BCUT2D eigenvalue weighted by Crippen LogP contribution is -2.23. The highest BCUT2D eigenvalue weighted by Gasteiger charge is 2.17. The molecule has 0 spiro atoms. The fourth-order valence-corrected chi connectivity index (χ4v) is 2.72. The van der Waals surface area contributed by atoms with E-state index in [-0.39, 0.29) is 11.9 Å². The van der Waals surface area contributed by atoms with Gasteiger partial charge in [0.25, 0.3) is 0 Å². The average molecular weight is 336 g/mol. The first-order valence-corrected chi connectivity index (χ1v) is 7.72. The third-order valence-corrected chi connectivity index (χ3v) is 3.86. The quantitative estimate of drug-likeness (QED) is 0.823. The van der Waals surface area contributed by atoms with Gasteiger partial charge in [-0.15, -0.1) is 0 Å². The molecular formula is C17H19BrFN. The zero-order valence-corrected chi connectivity index (χ0v) is 13.4. The summed E-state index contributed by atoms with van der Waals surface area (Å²) >= 11 is 3.42. The Morgan fingerprint density at radius 1 is 1.15 bits per heavy atom. The highest BCUT2D eigenvalue weighted by atomic mass is 79.9. The predicted octanol–water partition coefficient (Wildman–Crippen LogP) is 4.85. The average Bonchev–Trinajstić information content (AvgIpc) is 2.47. The number of hydrogen-bond acceptors (Lipinski definition) is 1. The smallest absolute Gasteiger partial charge is 0.128 e. The van der Waals surface area contributed by atoms with E-state index in [2.05, 4.69) is 40.3 Å². The summed E-state index contributed by atoms with van der Waals surface area (Å²) in [4.78, 5) is 0. The van der Waals surface area contributed by atoms with Crippen LogP contribution in [0.1, 0.15) is 36.6 Å². The topological polar surface area (TPSA) is 12.0 Å². The zero-order valence-electron chi connectivity index (χ0n) is 11.8. The molecule has 0 aliphatic carbocycles. The second-order valence-electron chi connectivity index (χ2n) is 4.76. The van der Waals surface area contributed by atoms with Crippen LogP contribution in [0.25, 0.3) is 0 Å². The Balaban J connectivity index is 2.46. The normalized spacial score (nSPS) is 12.4. The van der Waals surface area contributed by atoms with E-state index in [1.54, 1.807) is 6.07 Å². The van der Waals surface area contributed by atoms with Gasteiger partial charge >= 0.3 is 0 Å². The number of nitrogens with one attached hydrogen (secondary N) is 1. The van der Waals surface area contributed by atoms with Crippen LogP contribution in [0.4, 0.5) is 4.39 Å². The molecule has 0 fully saturated rings. The largest absolute Gasteiger partial charge is 0.306 e. The molecule has 2 aromatic rings. The van der Waals surface area contributed by atoms with Gasteiger partial charge in [0.05, 0.1) is 6.04 Å². The lowest BCUT2D eigenvalue weighted by Gasteiger charge is -2.20. The summed E-state index contributed by atoms with van der Waals surface area (Å²) < 4.78 is 15.0. The van der Waals surface area contributed by atoms with E-state index in [0.29, 0.717) is 5.56 Å². The summed E-state index contributed by atoms with van der Waals surface area (Å²) in [7, 11) is 0. The first-order chi connectivity index (χ1) is 9.65. The van der Waals surface area contributed by atoms with Crippen molar-refractivity contribution in [1.82, 2.24) is 5.32 Å². The van der Waals surface area contributed by atoms with E-state index in [0.717, 1.165) is 23.0 Å². The fraction of sp³-hybridized carbons (Fsp3) is 0.294. The Hall–Kier alpha value is -1.19. The lowest BCUT2D eigenvalue weighted by atomic mass is 9.96. The van der Waals surface area contributed by atoms with Gasteiger partial charge in [-0.25, -0.2) is 4.39 Å². The molecule has 106 valence electrons. The summed E-state index contributed by atoms with van der Waals surface area (Å²) in [5.74, 6) is -0.180. The van der Waals surface area contributed by atoms with Gasteiger partial charge in [-0.3, -0.25) is 0 Å². The molecule has 0 aliphatic rings. The first-order valence-electron chi connectivity index (χ1n) is 6.92. The van der Waals surface area contributed by atoms with Crippen LogP contribution in [0, 0.1) is 5.82 Å². The summed E-state index contributed by atoms with van der Waals surface area (Å²) in [5.41, 5.74) is 3.04. The monoisotopic (exact) mass is 335 g/mol. The van der Waals surface area contributed by atoms with Gasteiger partial charge in [-0.2, -0.15) is 0 Å². The van der Waals surface area contributed by atoms with Crippen LogP contribution in [0.5, 0.6) is 0 Å². The van der Waals surface area contributed by atoms with Crippen LogP contribution in [0.2, 0.25) is 0 Å². The third kappa shape index (κ3) is 3.47. The minimum absolute atomic E-state index is 0.121. The maximum Gasteiger partial charge on any atom is 0.128 e. The van der Waals surface area contributed by atoms with Crippen LogP contribution in [-0.4, -0.2) is 6.54 Å². The fourth-order valence-electron chi connectivity index (χ4n) is 2.34. The maximum absolute atomic E-state index is 14.2. The van der Waals surface area contributed by atoms with Crippen molar-refractivity contribution in [2.75, 3.05) is 6.54 Å². The van der Waals surface area contributed by atoms with Crippen LogP contribution >= 0.6 is 15.9 Å². The molecule has 1 atom stereocenters. The Morgan fingerprint density at radius 2 is 1.95 bits per heavy atom. The molecule has 1 unspecified atom stereocenters. The standard InChI is InChI=1S/C17H19BrFN/c1-3-12-6-5-7-13(10-12)17(20-4-2)15-11-14(18)8-9-16(15)19/h5-11,17,20H,3-4H2,1-2H3. The Labute approximate surface area is 128 Å². The summed E-state index contributed by atoms with van der Waals surface area (Å²) in [6.07, 6.45) is 0.980. The highest BCUT2D eigenvalue weighted by Crippen LogP contribution is 2.27. The number of hydrogen-bond donors (Lipinski definition) is 1. The molecule has 2 rings (SSSR count). The Bertz CT molecular complexity index is 583. The molecule has 2 aromatic carbocycles. The number of halogens is 2. The van der Waals surface area contributed by atoms with E-state index in [9.17, 15) is 4.39 Å². The molecule has 0 bridgehead atoms. The molecule has 3 heteroatoms. The molecule has 0 radical (unpaired) electrons. The Kier molecular flexibility index (Phi) is 5.32. The van der Waals surface area contributed by atoms with Gasteiger partial charge in [0, 0.05) is 10.0 Å². The van der Waals surface area contributed by atoms with Crippen LogP contribution in [0.15, 0.2) is 46.9 Å². The molecule has 0 saturated carbocycles.